The number of likely N-dealkylation sites (tertiary alicyclic amines) is 1. The molecule has 0 radical (unpaired) electrons. The smallest absolute Gasteiger partial charge is 0.162 e. The molecule has 4 nitrogen and oxygen atoms in total. The molecule has 96 valence electrons. The molecule has 1 saturated heterocycles. The first-order chi connectivity index (χ1) is 8.74. The molecule has 0 saturated carbocycles. The molecule has 2 aromatic heterocycles. The minimum Gasteiger partial charge on any atom is -0.329 e. The topological polar surface area (TPSA) is 34.0 Å². The predicted octanol–water partition coefficient (Wildman–Crippen LogP) is 2.57. The van der Waals surface area contributed by atoms with Gasteiger partial charge in [0.1, 0.15) is 0 Å². The Balaban J connectivity index is 1.86. The van der Waals surface area contributed by atoms with E-state index in [0.29, 0.717) is 11.2 Å². The lowest BCUT2D eigenvalue weighted by molar-refractivity contribution is 0.168. The Morgan fingerprint density at radius 2 is 2.28 bits per heavy atom. The molecule has 2 aromatic rings. The second kappa shape index (κ2) is 4.86. The fraction of sp³-hybridized carbons (Fsp3) is 0.538. The van der Waals surface area contributed by atoms with Crippen LogP contribution in [0.3, 0.4) is 0 Å². The maximum Gasteiger partial charge on any atom is 0.162 e. The van der Waals surface area contributed by atoms with Gasteiger partial charge >= 0.3 is 0 Å². The molecule has 0 spiro atoms. The van der Waals surface area contributed by atoms with Crippen LogP contribution in [-0.2, 0) is 6.54 Å². The van der Waals surface area contributed by atoms with Gasteiger partial charge in [-0.05, 0) is 38.6 Å². The van der Waals surface area contributed by atoms with E-state index >= 15 is 0 Å². The highest BCUT2D eigenvalue weighted by Gasteiger charge is 2.19. The van der Waals surface area contributed by atoms with Crippen molar-refractivity contribution in [2.75, 3.05) is 13.6 Å². The van der Waals surface area contributed by atoms with Gasteiger partial charge in [-0.25, -0.2) is 0 Å². The van der Waals surface area contributed by atoms with Crippen LogP contribution in [0.5, 0.6) is 0 Å². The van der Waals surface area contributed by atoms with E-state index in [4.69, 9.17) is 11.6 Å². The van der Waals surface area contributed by atoms with Crippen LogP contribution < -0.4 is 0 Å². The quantitative estimate of drug-likeness (QED) is 0.836. The molecule has 1 aliphatic rings. The van der Waals surface area contributed by atoms with Gasteiger partial charge in [0, 0.05) is 24.2 Å². The van der Waals surface area contributed by atoms with Crippen LogP contribution in [0.15, 0.2) is 18.3 Å². The molecule has 3 rings (SSSR count). The number of likely N-dealkylation sites (N-methyl/N-ethyl adjacent to an activating group) is 1. The Hall–Kier alpha value is -1.13. The van der Waals surface area contributed by atoms with Gasteiger partial charge in [-0.3, -0.25) is 0 Å². The summed E-state index contributed by atoms with van der Waals surface area (Å²) in [6, 6.07) is 4.52. The lowest BCUT2D eigenvalue weighted by Crippen LogP contribution is -2.39. The summed E-state index contributed by atoms with van der Waals surface area (Å²) < 4.78 is 2.19. The van der Waals surface area contributed by atoms with Crippen molar-refractivity contribution in [2.24, 2.45) is 0 Å². The van der Waals surface area contributed by atoms with Gasteiger partial charge in [-0.15, -0.1) is 10.2 Å². The minimum absolute atomic E-state index is 0.454. The minimum atomic E-state index is 0.454. The van der Waals surface area contributed by atoms with Crippen molar-refractivity contribution >= 4 is 22.6 Å². The lowest BCUT2D eigenvalue weighted by Gasteiger charge is -2.32. The molecule has 0 bridgehead atoms. The van der Waals surface area contributed by atoms with Gasteiger partial charge < -0.3 is 9.47 Å². The number of fused-ring (bicyclic) bond motifs is 1. The normalized spacial score (nSPS) is 21.6. The summed E-state index contributed by atoms with van der Waals surface area (Å²) in [5.41, 5.74) is 0.929. The average molecular weight is 265 g/mol. The molecular formula is C13H17ClN4. The molecule has 1 aliphatic heterocycles. The largest absolute Gasteiger partial charge is 0.329 e. The Kier molecular flexibility index (Phi) is 3.22. The number of hydrogen-bond donors (Lipinski definition) is 0. The van der Waals surface area contributed by atoms with Crippen molar-refractivity contribution in [1.29, 1.82) is 0 Å². The first-order valence-electron chi connectivity index (χ1n) is 6.42. The molecule has 1 atom stereocenters. The summed E-state index contributed by atoms with van der Waals surface area (Å²) in [4.78, 5) is 2.44. The molecular weight excluding hydrogens is 248 g/mol. The maximum absolute atomic E-state index is 5.85. The number of rotatable bonds is 2. The second-order valence-corrected chi connectivity index (χ2v) is 5.43. The maximum atomic E-state index is 5.85. The van der Waals surface area contributed by atoms with Gasteiger partial charge in [0.15, 0.2) is 10.8 Å². The van der Waals surface area contributed by atoms with Crippen LogP contribution in [0.1, 0.15) is 19.3 Å². The summed E-state index contributed by atoms with van der Waals surface area (Å²) >= 11 is 5.85. The third-order valence-corrected chi connectivity index (χ3v) is 3.99. The van der Waals surface area contributed by atoms with E-state index < -0.39 is 0 Å². The van der Waals surface area contributed by atoms with Crippen molar-refractivity contribution < 1.29 is 0 Å². The average Bonchev–Trinajstić information content (AvgIpc) is 2.74. The van der Waals surface area contributed by atoms with Gasteiger partial charge in [0.25, 0.3) is 0 Å². The van der Waals surface area contributed by atoms with E-state index in [0.717, 1.165) is 17.6 Å². The highest BCUT2D eigenvalue weighted by Crippen LogP contribution is 2.20. The summed E-state index contributed by atoms with van der Waals surface area (Å²) in [6.07, 6.45) is 5.98. The van der Waals surface area contributed by atoms with Crippen LogP contribution in [0.2, 0.25) is 5.15 Å². The van der Waals surface area contributed by atoms with E-state index in [1.165, 1.54) is 25.8 Å². The second-order valence-electron chi connectivity index (χ2n) is 5.04. The summed E-state index contributed by atoms with van der Waals surface area (Å²) in [6.45, 7) is 2.18. The summed E-state index contributed by atoms with van der Waals surface area (Å²) in [7, 11) is 2.21. The molecule has 0 unspecified atom stereocenters. The predicted molar refractivity (Wildman–Crippen MR) is 72.8 cm³/mol. The zero-order valence-electron chi connectivity index (χ0n) is 10.5. The third kappa shape index (κ3) is 2.22. The lowest BCUT2D eigenvalue weighted by atomic mass is 10.0. The molecule has 0 aliphatic carbocycles. The highest BCUT2D eigenvalue weighted by molar-refractivity contribution is 6.29. The summed E-state index contributed by atoms with van der Waals surface area (Å²) in [5, 5.41) is 9.64. The van der Waals surface area contributed by atoms with E-state index in [1.807, 2.05) is 6.07 Å². The molecule has 0 aromatic carbocycles. The Labute approximate surface area is 112 Å². The Morgan fingerprint density at radius 1 is 1.39 bits per heavy atom. The number of nitrogens with zero attached hydrogens (tertiary/aromatic N) is 4. The first kappa shape index (κ1) is 11.9. The Morgan fingerprint density at radius 3 is 3.11 bits per heavy atom. The van der Waals surface area contributed by atoms with Crippen LogP contribution >= 0.6 is 11.6 Å². The van der Waals surface area contributed by atoms with Crippen molar-refractivity contribution in [3.05, 3.63) is 23.5 Å². The van der Waals surface area contributed by atoms with Gasteiger partial charge in [-0.1, -0.05) is 18.0 Å². The highest BCUT2D eigenvalue weighted by atomic mass is 35.5. The van der Waals surface area contributed by atoms with E-state index in [1.54, 1.807) is 0 Å². The molecule has 1 fully saturated rings. The fourth-order valence-electron chi connectivity index (χ4n) is 2.71. The van der Waals surface area contributed by atoms with Crippen LogP contribution in [0.4, 0.5) is 0 Å². The van der Waals surface area contributed by atoms with Crippen molar-refractivity contribution in [3.63, 3.8) is 0 Å². The monoisotopic (exact) mass is 264 g/mol. The number of hydrogen-bond acceptors (Lipinski definition) is 3. The molecule has 5 heteroatoms. The number of aromatic nitrogens is 3. The first-order valence-corrected chi connectivity index (χ1v) is 6.80. The van der Waals surface area contributed by atoms with E-state index in [-0.39, 0.29) is 0 Å². The fourth-order valence-corrected chi connectivity index (χ4v) is 2.87. The molecule has 18 heavy (non-hydrogen) atoms. The SMILES string of the molecule is CN1CCCC[C@H]1Cn1ccc2cc(Cl)nnc21. The molecule has 3 heterocycles. The van der Waals surface area contributed by atoms with E-state index in [9.17, 15) is 0 Å². The number of halogens is 1. The standard InChI is InChI=1S/C13H17ClN4/c1-17-6-3-2-4-11(17)9-18-7-5-10-8-12(14)15-16-13(10)18/h5,7-8,11H,2-4,6,9H2,1H3/t11-/m0/s1. The van der Waals surface area contributed by atoms with Crippen molar-refractivity contribution in [1.82, 2.24) is 19.7 Å². The third-order valence-electron chi connectivity index (χ3n) is 3.81. The van der Waals surface area contributed by atoms with Crippen LogP contribution in [-0.4, -0.2) is 39.3 Å². The molecule has 0 N–H and O–H groups in total. The van der Waals surface area contributed by atoms with Gasteiger partial charge in [-0.2, -0.15) is 0 Å². The van der Waals surface area contributed by atoms with Gasteiger partial charge in [0.05, 0.1) is 0 Å². The summed E-state index contributed by atoms with van der Waals surface area (Å²) in [5.74, 6) is 0. The van der Waals surface area contributed by atoms with E-state index in [2.05, 4.69) is 39.0 Å². The zero-order valence-corrected chi connectivity index (χ0v) is 11.3. The van der Waals surface area contributed by atoms with Crippen molar-refractivity contribution in [3.8, 4) is 0 Å². The zero-order chi connectivity index (χ0) is 12.5. The van der Waals surface area contributed by atoms with Crippen LogP contribution in [0, 0.1) is 0 Å². The Bertz CT molecular complexity index is 551. The van der Waals surface area contributed by atoms with Gasteiger partial charge in [0.2, 0.25) is 0 Å². The van der Waals surface area contributed by atoms with Crippen molar-refractivity contribution in [2.45, 2.75) is 31.8 Å². The van der Waals surface area contributed by atoms with Crippen LogP contribution in [0.25, 0.3) is 11.0 Å². The number of piperidine rings is 1. The molecule has 0 amide bonds.